The molecule has 0 saturated heterocycles. The molecule has 0 atom stereocenters. The van der Waals surface area contributed by atoms with Gasteiger partial charge in [-0.3, -0.25) is 25.1 Å². The summed E-state index contributed by atoms with van der Waals surface area (Å²) in [4.78, 5) is 25.6. The SMILES string of the molecule is Cc1nn(CC(C)C)c(C)c1CC(=O)NNC(=O)Cn1nnc(-c2ccccc2)n1. The number of benzene rings is 1. The number of carbonyl (C=O) groups excluding carboxylic acids is 2. The largest absolute Gasteiger partial charge is 0.273 e. The van der Waals surface area contributed by atoms with E-state index in [1.54, 1.807) is 0 Å². The summed E-state index contributed by atoms with van der Waals surface area (Å²) in [5, 5.41) is 16.5. The summed E-state index contributed by atoms with van der Waals surface area (Å²) in [6.45, 7) is 8.69. The molecule has 0 bridgehead atoms. The lowest BCUT2D eigenvalue weighted by Gasteiger charge is -2.09. The van der Waals surface area contributed by atoms with Gasteiger partial charge in [-0.15, -0.1) is 10.2 Å². The Morgan fingerprint density at radius 1 is 1.03 bits per heavy atom. The fraction of sp³-hybridized carbons (Fsp3) is 0.400. The van der Waals surface area contributed by atoms with Crippen molar-refractivity contribution < 1.29 is 9.59 Å². The topological polar surface area (TPSA) is 120 Å². The van der Waals surface area contributed by atoms with E-state index in [1.165, 1.54) is 4.80 Å². The first kappa shape index (κ1) is 21.2. The maximum atomic E-state index is 12.3. The lowest BCUT2D eigenvalue weighted by molar-refractivity contribution is -0.129. The number of hydrogen-bond donors (Lipinski definition) is 2. The van der Waals surface area contributed by atoms with Crippen molar-refractivity contribution in [2.24, 2.45) is 5.92 Å². The molecule has 0 aliphatic carbocycles. The highest BCUT2D eigenvalue weighted by Gasteiger charge is 2.16. The summed E-state index contributed by atoms with van der Waals surface area (Å²) in [6.07, 6.45) is 0.135. The number of hydrogen-bond acceptors (Lipinski definition) is 6. The second-order valence-corrected chi connectivity index (χ2v) is 7.51. The van der Waals surface area contributed by atoms with E-state index in [2.05, 4.69) is 45.2 Å². The van der Waals surface area contributed by atoms with Crippen LogP contribution in [0.2, 0.25) is 0 Å². The first-order chi connectivity index (χ1) is 14.3. The maximum Gasteiger partial charge on any atom is 0.262 e. The molecular weight excluding hydrogens is 384 g/mol. The van der Waals surface area contributed by atoms with E-state index < -0.39 is 5.91 Å². The molecule has 10 heteroatoms. The average Bonchev–Trinajstić information content (AvgIpc) is 3.27. The molecule has 2 N–H and O–H groups in total. The van der Waals surface area contributed by atoms with Gasteiger partial charge in [0, 0.05) is 23.4 Å². The van der Waals surface area contributed by atoms with Gasteiger partial charge < -0.3 is 0 Å². The van der Waals surface area contributed by atoms with Gasteiger partial charge in [0.25, 0.3) is 5.91 Å². The highest BCUT2D eigenvalue weighted by atomic mass is 16.2. The number of rotatable bonds is 7. The molecule has 0 spiro atoms. The number of nitrogens with zero attached hydrogens (tertiary/aromatic N) is 6. The summed E-state index contributed by atoms with van der Waals surface area (Å²) < 4.78 is 1.92. The van der Waals surface area contributed by atoms with E-state index in [4.69, 9.17) is 0 Å². The fourth-order valence-electron chi connectivity index (χ4n) is 3.04. The van der Waals surface area contributed by atoms with E-state index in [-0.39, 0.29) is 18.9 Å². The highest BCUT2D eigenvalue weighted by Crippen LogP contribution is 2.15. The van der Waals surface area contributed by atoms with Gasteiger partial charge >= 0.3 is 0 Å². The average molecular weight is 410 g/mol. The molecule has 2 aromatic heterocycles. The number of tetrazole rings is 1. The number of aromatic nitrogens is 6. The second-order valence-electron chi connectivity index (χ2n) is 7.51. The molecule has 0 unspecified atom stereocenters. The molecule has 1 aromatic carbocycles. The molecule has 0 aliphatic rings. The van der Waals surface area contributed by atoms with Gasteiger partial charge in [-0.05, 0) is 25.0 Å². The molecule has 3 aromatic rings. The van der Waals surface area contributed by atoms with E-state index in [0.717, 1.165) is 29.1 Å². The van der Waals surface area contributed by atoms with Crippen LogP contribution in [0.1, 0.15) is 30.8 Å². The normalized spacial score (nSPS) is 11.0. The van der Waals surface area contributed by atoms with Crippen molar-refractivity contribution in [3.05, 3.63) is 47.3 Å². The standard InChI is InChI=1S/C20H26N8O2/c1-13(2)11-27-15(4)17(14(3)24-27)10-18(29)21-22-19(30)12-28-25-20(23-26-28)16-8-6-5-7-9-16/h5-9,13H,10-12H2,1-4H3,(H,21,29)(H,22,30). The Balaban J connectivity index is 1.51. The molecule has 0 fully saturated rings. The molecule has 0 aliphatic heterocycles. The molecule has 0 radical (unpaired) electrons. The molecule has 3 rings (SSSR count). The molecular formula is C20H26N8O2. The summed E-state index contributed by atoms with van der Waals surface area (Å²) in [6, 6.07) is 9.34. The van der Waals surface area contributed by atoms with Gasteiger partial charge in [0.1, 0.15) is 6.54 Å². The van der Waals surface area contributed by atoms with Crippen LogP contribution in [0.3, 0.4) is 0 Å². The van der Waals surface area contributed by atoms with Crippen LogP contribution in [0.25, 0.3) is 11.4 Å². The zero-order chi connectivity index (χ0) is 21.7. The molecule has 2 heterocycles. The zero-order valence-electron chi connectivity index (χ0n) is 17.6. The Labute approximate surface area is 174 Å². The predicted molar refractivity (Wildman–Crippen MR) is 110 cm³/mol. The monoisotopic (exact) mass is 410 g/mol. The third-order valence-corrected chi connectivity index (χ3v) is 4.52. The smallest absolute Gasteiger partial charge is 0.262 e. The molecule has 0 saturated carbocycles. The van der Waals surface area contributed by atoms with Gasteiger partial charge in [-0.25, -0.2) is 0 Å². The summed E-state index contributed by atoms with van der Waals surface area (Å²) >= 11 is 0. The Kier molecular flexibility index (Phi) is 6.55. The number of aryl methyl sites for hydroxylation is 1. The van der Waals surface area contributed by atoms with Crippen LogP contribution in [0.4, 0.5) is 0 Å². The fourth-order valence-corrected chi connectivity index (χ4v) is 3.04. The lowest BCUT2D eigenvalue weighted by Crippen LogP contribution is -2.44. The third-order valence-electron chi connectivity index (χ3n) is 4.52. The van der Waals surface area contributed by atoms with Gasteiger partial charge in [-0.1, -0.05) is 44.2 Å². The molecule has 10 nitrogen and oxygen atoms in total. The Hall–Kier alpha value is -3.56. The lowest BCUT2D eigenvalue weighted by atomic mass is 10.1. The van der Waals surface area contributed by atoms with Gasteiger partial charge in [0.05, 0.1) is 12.1 Å². The minimum absolute atomic E-state index is 0.135. The van der Waals surface area contributed by atoms with Crippen LogP contribution in [0.15, 0.2) is 30.3 Å². The minimum Gasteiger partial charge on any atom is -0.273 e. The quantitative estimate of drug-likeness (QED) is 0.565. The van der Waals surface area contributed by atoms with Crippen LogP contribution in [-0.2, 0) is 29.1 Å². The third kappa shape index (κ3) is 5.28. The first-order valence-corrected chi connectivity index (χ1v) is 9.77. The number of amides is 2. The van der Waals surface area contributed by atoms with Crippen LogP contribution in [-0.4, -0.2) is 41.8 Å². The van der Waals surface area contributed by atoms with Crippen molar-refractivity contribution in [3.63, 3.8) is 0 Å². The van der Waals surface area contributed by atoms with Crippen molar-refractivity contribution in [2.45, 2.75) is 47.2 Å². The van der Waals surface area contributed by atoms with Crippen molar-refractivity contribution >= 4 is 11.8 Å². The van der Waals surface area contributed by atoms with E-state index in [1.807, 2.05) is 48.9 Å². The van der Waals surface area contributed by atoms with Gasteiger partial charge in [0.15, 0.2) is 0 Å². The Morgan fingerprint density at radius 2 is 1.73 bits per heavy atom. The molecule has 30 heavy (non-hydrogen) atoms. The summed E-state index contributed by atoms with van der Waals surface area (Å²) in [5.74, 6) is 0.105. The molecule has 158 valence electrons. The highest BCUT2D eigenvalue weighted by molar-refractivity contribution is 5.83. The van der Waals surface area contributed by atoms with E-state index in [9.17, 15) is 9.59 Å². The number of nitrogens with one attached hydrogen (secondary N) is 2. The van der Waals surface area contributed by atoms with Gasteiger partial charge in [-0.2, -0.15) is 9.90 Å². The van der Waals surface area contributed by atoms with Crippen molar-refractivity contribution in [3.8, 4) is 11.4 Å². The first-order valence-electron chi connectivity index (χ1n) is 9.77. The summed E-state index contributed by atoms with van der Waals surface area (Å²) in [7, 11) is 0. The number of hydrazine groups is 1. The van der Waals surface area contributed by atoms with Crippen LogP contribution in [0.5, 0.6) is 0 Å². The van der Waals surface area contributed by atoms with Crippen LogP contribution >= 0.6 is 0 Å². The minimum atomic E-state index is -0.454. The molecule has 2 amide bonds. The van der Waals surface area contributed by atoms with Crippen LogP contribution in [0, 0.1) is 19.8 Å². The zero-order valence-corrected chi connectivity index (χ0v) is 17.6. The van der Waals surface area contributed by atoms with Crippen molar-refractivity contribution in [1.29, 1.82) is 0 Å². The van der Waals surface area contributed by atoms with Crippen molar-refractivity contribution in [2.75, 3.05) is 0 Å². The van der Waals surface area contributed by atoms with E-state index >= 15 is 0 Å². The van der Waals surface area contributed by atoms with Gasteiger partial charge in [0.2, 0.25) is 11.7 Å². The van der Waals surface area contributed by atoms with Crippen LogP contribution < -0.4 is 10.9 Å². The Bertz CT molecular complexity index is 1020. The second kappa shape index (κ2) is 9.29. The predicted octanol–water partition coefficient (Wildman–Crippen LogP) is 1.20. The Morgan fingerprint density at radius 3 is 2.43 bits per heavy atom. The van der Waals surface area contributed by atoms with Crippen molar-refractivity contribution in [1.82, 2.24) is 40.8 Å². The van der Waals surface area contributed by atoms with E-state index in [0.29, 0.717) is 11.7 Å². The maximum absolute atomic E-state index is 12.3. The number of carbonyl (C=O) groups is 2. The summed E-state index contributed by atoms with van der Waals surface area (Å²) in [5.41, 5.74) is 8.26.